The van der Waals surface area contributed by atoms with Crippen molar-refractivity contribution in [1.29, 1.82) is 0 Å². The fourth-order valence-electron chi connectivity index (χ4n) is 4.87. The molecule has 0 aliphatic carbocycles. The van der Waals surface area contributed by atoms with Gasteiger partial charge in [0.1, 0.15) is 18.0 Å². The molecular weight excluding hydrogens is 586 g/mol. The molecule has 0 atom stereocenters. The maximum absolute atomic E-state index is 12.7. The van der Waals surface area contributed by atoms with E-state index in [4.69, 9.17) is 14.6 Å². The van der Waals surface area contributed by atoms with Gasteiger partial charge in [-0.05, 0) is 113 Å². The van der Waals surface area contributed by atoms with Crippen LogP contribution >= 0.6 is 11.9 Å². The number of benzene rings is 2. The summed E-state index contributed by atoms with van der Waals surface area (Å²) in [6, 6.07) is 16.3. The van der Waals surface area contributed by atoms with Gasteiger partial charge in [0.05, 0.1) is 11.0 Å². The lowest BCUT2D eigenvalue weighted by Crippen LogP contribution is -2.36. The number of aromatic carboxylic acids is 1. The van der Waals surface area contributed by atoms with Crippen molar-refractivity contribution in [2.75, 3.05) is 4.72 Å². The Bertz CT molecular complexity index is 1330. The highest BCUT2D eigenvalue weighted by atomic mass is 32.2. The molecule has 3 rings (SSSR count). The topological polar surface area (TPSA) is 111 Å². The zero-order valence-electron chi connectivity index (χ0n) is 28.4. The van der Waals surface area contributed by atoms with E-state index >= 15 is 0 Å². The Hall–Kier alpha value is -3.59. The maximum atomic E-state index is 12.7. The van der Waals surface area contributed by atoms with Crippen LogP contribution in [-0.4, -0.2) is 32.6 Å². The Morgan fingerprint density at radius 2 is 1.42 bits per heavy atom. The van der Waals surface area contributed by atoms with Crippen molar-refractivity contribution in [3.05, 3.63) is 77.6 Å². The summed E-state index contributed by atoms with van der Waals surface area (Å²) >= 11 is 1.33. The van der Waals surface area contributed by atoms with Crippen LogP contribution < -0.4 is 9.46 Å². The zero-order chi connectivity index (χ0) is 33.7. The van der Waals surface area contributed by atoms with E-state index in [1.165, 1.54) is 29.9 Å². The van der Waals surface area contributed by atoms with E-state index in [2.05, 4.69) is 52.8 Å². The molecule has 0 amide bonds. The first kappa shape index (κ1) is 37.6. The molecule has 0 unspecified atom stereocenters. The summed E-state index contributed by atoms with van der Waals surface area (Å²) in [7, 11) is 0. The molecular formula is C36H51N3O5S. The van der Waals surface area contributed by atoms with Gasteiger partial charge in [-0.1, -0.05) is 58.4 Å². The van der Waals surface area contributed by atoms with Gasteiger partial charge >= 0.3 is 11.9 Å². The number of carboxylic acid groups (broad SMARTS) is 1. The monoisotopic (exact) mass is 637 g/mol. The Morgan fingerprint density at radius 3 is 1.98 bits per heavy atom. The van der Waals surface area contributed by atoms with Crippen molar-refractivity contribution in [3.63, 3.8) is 0 Å². The minimum Gasteiger partial charge on any atom is -0.489 e. The number of anilines is 1. The molecule has 0 aliphatic rings. The number of aromatic nitrogens is 2. The molecule has 3 aromatic rings. The number of ether oxygens (including phenoxy) is 2. The van der Waals surface area contributed by atoms with Crippen LogP contribution in [0.3, 0.4) is 0 Å². The minimum absolute atomic E-state index is 0.0420. The second-order valence-electron chi connectivity index (χ2n) is 13.3. The lowest BCUT2D eigenvalue weighted by Gasteiger charge is -2.35. The lowest BCUT2D eigenvalue weighted by molar-refractivity contribution is -0.167. The molecule has 0 fully saturated rings. The summed E-state index contributed by atoms with van der Waals surface area (Å²) < 4.78 is 14.6. The summed E-state index contributed by atoms with van der Waals surface area (Å²) in [5, 5.41) is 8.93. The van der Waals surface area contributed by atoms with Gasteiger partial charge in [-0.25, -0.2) is 14.8 Å². The van der Waals surface area contributed by atoms with Gasteiger partial charge in [0, 0.05) is 17.3 Å². The average Bonchev–Trinajstić information content (AvgIpc) is 2.98. The van der Waals surface area contributed by atoms with Crippen molar-refractivity contribution >= 4 is 29.8 Å². The van der Waals surface area contributed by atoms with Crippen molar-refractivity contribution in [1.82, 2.24) is 9.97 Å². The van der Waals surface area contributed by atoms with E-state index < -0.39 is 17.0 Å². The summed E-state index contributed by atoms with van der Waals surface area (Å²) in [6.07, 6.45) is 7.62. The van der Waals surface area contributed by atoms with E-state index in [0.29, 0.717) is 12.6 Å². The number of nitrogens with one attached hydrogen (secondary N) is 1. The SMILES string of the molecule is CC.CC(C)(CCCCc1ccc(COc2ccc(SNc3ncc(C(=O)O)cn3)cc2)cc1)CC(C)(C)C(=O)OC(C)(C)C. The quantitative estimate of drug-likeness (QED) is 0.0956. The first-order chi connectivity index (χ1) is 21.1. The molecule has 246 valence electrons. The zero-order valence-corrected chi connectivity index (χ0v) is 29.2. The minimum atomic E-state index is -1.06. The fraction of sp³-hybridized carbons (Fsp3) is 0.500. The van der Waals surface area contributed by atoms with E-state index in [9.17, 15) is 9.59 Å². The molecule has 0 radical (unpaired) electrons. The largest absolute Gasteiger partial charge is 0.489 e. The van der Waals surface area contributed by atoms with Crippen LogP contribution in [0.4, 0.5) is 5.95 Å². The molecule has 0 spiro atoms. The summed E-state index contributed by atoms with van der Waals surface area (Å²) in [5.74, 6) is -0.0781. The van der Waals surface area contributed by atoms with Crippen LogP contribution in [0.5, 0.6) is 5.75 Å². The molecule has 2 N–H and O–H groups in total. The molecule has 0 bridgehead atoms. The van der Waals surface area contributed by atoms with Gasteiger partial charge in [0.15, 0.2) is 0 Å². The van der Waals surface area contributed by atoms with Gasteiger partial charge in [-0.15, -0.1) is 0 Å². The standard InChI is InChI=1S/C34H45N3O5S.C2H6/c1-32(2,3)42-30(40)34(6,7)23-33(4,5)19-9-8-10-24-11-13-25(14-12-24)22-41-27-15-17-28(18-16-27)43-37-31-35-20-26(21-36-31)29(38)39;1-2/h11-18,20-21H,8-10,19,22-23H2,1-7H3,(H,38,39)(H,35,36,37);1-2H3. The molecule has 45 heavy (non-hydrogen) atoms. The fourth-order valence-corrected chi connectivity index (χ4v) is 5.46. The van der Waals surface area contributed by atoms with Gasteiger partial charge in [0.2, 0.25) is 5.95 Å². The number of unbranched alkanes of at least 4 members (excludes halogenated alkanes) is 1. The number of hydrogen-bond donors (Lipinski definition) is 2. The third-order valence-corrected chi connectivity index (χ3v) is 7.64. The Labute approximate surface area is 273 Å². The number of rotatable bonds is 15. The molecule has 0 saturated carbocycles. The smallest absolute Gasteiger partial charge is 0.338 e. The van der Waals surface area contributed by atoms with Crippen molar-refractivity contribution in [2.45, 2.75) is 112 Å². The third kappa shape index (κ3) is 13.9. The van der Waals surface area contributed by atoms with Crippen molar-refractivity contribution in [3.8, 4) is 5.75 Å². The highest BCUT2D eigenvalue weighted by Gasteiger charge is 2.37. The number of carboxylic acids is 1. The number of carbonyl (C=O) groups excluding carboxylic acids is 1. The van der Waals surface area contributed by atoms with Gasteiger partial charge < -0.3 is 14.6 Å². The summed E-state index contributed by atoms with van der Waals surface area (Å²) in [4.78, 5) is 32.5. The lowest BCUT2D eigenvalue weighted by atomic mass is 9.72. The van der Waals surface area contributed by atoms with Crippen LogP contribution in [-0.2, 0) is 22.6 Å². The van der Waals surface area contributed by atoms with E-state index in [1.807, 2.05) is 72.7 Å². The predicted molar refractivity (Wildman–Crippen MR) is 183 cm³/mol. The van der Waals surface area contributed by atoms with Crippen LogP contribution in [0.2, 0.25) is 0 Å². The average molecular weight is 638 g/mol. The van der Waals surface area contributed by atoms with Crippen LogP contribution in [0.1, 0.15) is 109 Å². The van der Waals surface area contributed by atoms with Crippen molar-refractivity contribution < 1.29 is 24.2 Å². The molecule has 1 aromatic heterocycles. The number of hydrogen-bond acceptors (Lipinski definition) is 8. The molecule has 1 heterocycles. The Kier molecular flexibility index (Phi) is 14.4. The first-order valence-electron chi connectivity index (χ1n) is 15.6. The third-order valence-electron chi connectivity index (χ3n) is 6.85. The van der Waals surface area contributed by atoms with Crippen LogP contribution in [0.25, 0.3) is 0 Å². The predicted octanol–water partition coefficient (Wildman–Crippen LogP) is 9.40. The van der Waals surface area contributed by atoms with E-state index in [0.717, 1.165) is 48.3 Å². The van der Waals surface area contributed by atoms with Crippen LogP contribution in [0.15, 0.2) is 65.8 Å². The second-order valence-corrected chi connectivity index (χ2v) is 14.2. The highest BCUT2D eigenvalue weighted by molar-refractivity contribution is 8.00. The normalized spacial score (nSPS) is 11.7. The molecule has 0 saturated heterocycles. The van der Waals surface area contributed by atoms with Crippen LogP contribution in [0, 0.1) is 10.8 Å². The molecule has 2 aromatic carbocycles. The number of esters is 1. The number of nitrogens with zero attached hydrogens (tertiary/aromatic N) is 2. The first-order valence-corrected chi connectivity index (χ1v) is 16.5. The Balaban J connectivity index is 0.00000345. The second kappa shape index (κ2) is 17.2. The number of aryl methyl sites for hydroxylation is 1. The van der Waals surface area contributed by atoms with Crippen molar-refractivity contribution in [2.24, 2.45) is 10.8 Å². The summed E-state index contributed by atoms with van der Waals surface area (Å²) in [6.45, 7) is 18.7. The van der Waals surface area contributed by atoms with E-state index in [-0.39, 0.29) is 16.9 Å². The molecule has 9 heteroatoms. The van der Waals surface area contributed by atoms with Gasteiger partial charge in [-0.3, -0.25) is 9.52 Å². The Morgan fingerprint density at radius 1 is 0.844 bits per heavy atom. The molecule has 0 aliphatic heterocycles. The maximum Gasteiger partial charge on any atom is 0.338 e. The highest BCUT2D eigenvalue weighted by Crippen LogP contribution is 2.39. The summed E-state index contributed by atoms with van der Waals surface area (Å²) in [5.41, 5.74) is 1.53. The number of carbonyl (C=O) groups is 2. The van der Waals surface area contributed by atoms with E-state index in [1.54, 1.807) is 0 Å². The van der Waals surface area contributed by atoms with Gasteiger partial charge in [-0.2, -0.15) is 0 Å². The van der Waals surface area contributed by atoms with Gasteiger partial charge in [0.25, 0.3) is 0 Å². The molecule has 8 nitrogen and oxygen atoms in total.